The van der Waals surface area contributed by atoms with Gasteiger partial charge in [0.2, 0.25) is 5.91 Å². The fourth-order valence-electron chi connectivity index (χ4n) is 3.37. The van der Waals surface area contributed by atoms with E-state index in [-0.39, 0.29) is 11.9 Å². The largest absolute Gasteiger partial charge is 0.371 e. The second-order valence-corrected chi connectivity index (χ2v) is 5.85. The molecule has 2 atom stereocenters. The van der Waals surface area contributed by atoms with E-state index in [9.17, 15) is 4.79 Å². The topological polar surface area (TPSA) is 44.4 Å². The van der Waals surface area contributed by atoms with Crippen LogP contribution in [0.5, 0.6) is 0 Å². The average Bonchev–Trinajstić information content (AvgIpc) is 2.81. The van der Waals surface area contributed by atoms with E-state index in [1.165, 1.54) is 24.9 Å². The van der Waals surface area contributed by atoms with Gasteiger partial charge in [-0.25, -0.2) is 0 Å². The predicted octanol–water partition coefficient (Wildman–Crippen LogP) is 2.53. The van der Waals surface area contributed by atoms with Gasteiger partial charge in [0.15, 0.2) is 0 Å². The van der Waals surface area contributed by atoms with Crippen molar-refractivity contribution in [2.24, 2.45) is 5.92 Å². The Hall–Kier alpha value is -1.55. The van der Waals surface area contributed by atoms with Gasteiger partial charge in [-0.1, -0.05) is 19.4 Å². The molecule has 1 aromatic rings. The van der Waals surface area contributed by atoms with E-state index in [0.717, 1.165) is 30.3 Å². The van der Waals surface area contributed by atoms with Crippen molar-refractivity contribution in [3.8, 4) is 0 Å². The third-order valence-electron chi connectivity index (χ3n) is 4.62. The first kappa shape index (κ1) is 13.4. The molecule has 1 amide bonds. The van der Waals surface area contributed by atoms with Gasteiger partial charge in [0.25, 0.3) is 0 Å². The van der Waals surface area contributed by atoms with Crippen LogP contribution in [0.15, 0.2) is 18.2 Å². The molecule has 1 aromatic carbocycles. The molecule has 2 N–H and O–H groups in total. The zero-order chi connectivity index (χ0) is 14.1. The van der Waals surface area contributed by atoms with Crippen molar-refractivity contribution in [2.75, 3.05) is 30.4 Å². The maximum atomic E-state index is 11.9. The van der Waals surface area contributed by atoms with E-state index in [1.54, 1.807) is 0 Å². The van der Waals surface area contributed by atoms with Crippen molar-refractivity contribution in [1.82, 2.24) is 5.32 Å². The summed E-state index contributed by atoms with van der Waals surface area (Å²) in [4.78, 5) is 14.3. The van der Waals surface area contributed by atoms with Crippen molar-refractivity contribution in [3.05, 3.63) is 23.8 Å². The second kappa shape index (κ2) is 5.44. The standard InChI is InChI=1S/C16H23N3O/c1-3-11-5-4-8-19(10-11)12-6-7-13-14(9-12)18-16(20)15(13)17-2/h6-7,9,11,15,17H,3-5,8,10H2,1-2H3,(H,18,20). The number of piperidine rings is 1. The molecule has 108 valence electrons. The van der Waals surface area contributed by atoms with E-state index in [0.29, 0.717) is 0 Å². The third-order valence-corrected chi connectivity index (χ3v) is 4.62. The zero-order valence-electron chi connectivity index (χ0n) is 12.3. The highest BCUT2D eigenvalue weighted by Gasteiger charge is 2.30. The molecule has 0 aliphatic carbocycles. The minimum Gasteiger partial charge on any atom is -0.371 e. The van der Waals surface area contributed by atoms with Crippen LogP contribution in [0.25, 0.3) is 0 Å². The van der Waals surface area contributed by atoms with Crippen LogP contribution in [0.2, 0.25) is 0 Å². The molecule has 3 rings (SSSR count). The van der Waals surface area contributed by atoms with Gasteiger partial charge < -0.3 is 15.5 Å². The summed E-state index contributed by atoms with van der Waals surface area (Å²) in [7, 11) is 1.82. The molecule has 4 heteroatoms. The number of amides is 1. The molecule has 2 aliphatic heterocycles. The van der Waals surface area contributed by atoms with Crippen molar-refractivity contribution in [2.45, 2.75) is 32.2 Å². The van der Waals surface area contributed by atoms with Crippen molar-refractivity contribution in [1.29, 1.82) is 0 Å². The summed E-state index contributed by atoms with van der Waals surface area (Å²) in [6, 6.07) is 6.16. The molecule has 0 radical (unpaired) electrons. The Labute approximate surface area is 120 Å². The van der Waals surface area contributed by atoms with Crippen molar-refractivity contribution >= 4 is 17.3 Å². The Kier molecular flexibility index (Phi) is 3.66. The lowest BCUT2D eigenvalue weighted by atomic mass is 9.95. The summed E-state index contributed by atoms with van der Waals surface area (Å²) in [5, 5.41) is 6.03. The molecular weight excluding hydrogens is 250 g/mol. The van der Waals surface area contributed by atoms with Gasteiger partial charge in [0.05, 0.1) is 0 Å². The molecule has 4 nitrogen and oxygen atoms in total. The number of nitrogens with zero attached hydrogens (tertiary/aromatic N) is 1. The van der Waals surface area contributed by atoms with Crippen LogP contribution < -0.4 is 15.5 Å². The number of benzene rings is 1. The average molecular weight is 273 g/mol. The zero-order valence-corrected chi connectivity index (χ0v) is 12.3. The number of carbonyl (C=O) groups is 1. The van der Waals surface area contributed by atoms with Crippen LogP contribution in [0.3, 0.4) is 0 Å². The summed E-state index contributed by atoms with van der Waals surface area (Å²) < 4.78 is 0. The van der Waals surface area contributed by atoms with Crippen LogP contribution >= 0.6 is 0 Å². The molecule has 0 spiro atoms. The summed E-state index contributed by atoms with van der Waals surface area (Å²) >= 11 is 0. The van der Waals surface area contributed by atoms with Gasteiger partial charge >= 0.3 is 0 Å². The fourth-order valence-corrected chi connectivity index (χ4v) is 3.37. The SMILES string of the molecule is CCC1CCCN(c2ccc3c(c2)NC(=O)C3NC)C1. The smallest absolute Gasteiger partial charge is 0.246 e. The number of rotatable bonds is 3. The summed E-state index contributed by atoms with van der Waals surface area (Å²) in [6.45, 7) is 4.53. The lowest BCUT2D eigenvalue weighted by molar-refractivity contribution is -0.117. The number of nitrogens with one attached hydrogen (secondary N) is 2. The quantitative estimate of drug-likeness (QED) is 0.889. The Morgan fingerprint density at radius 2 is 2.30 bits per heavy atom. The second-order valence-electron chi connectivity index (χ2n) is 5.85. The van der Waals surface area contributed by atoms with Crippen LogP contribution in [-0.4, -0.2) is 26.0 Å². The number of hydrogen-bond donors (Lipinski definition) is 2. The van der Waals surface area contributed by atoms with Crippen LogP contribution in [0.4, 0.5) is 11.4 Å². The molecule has 0 aromatic heterocycles. The third kappa shape index (κ3) is 2.29. The molecule has 2 aliphatic rings. The number of anilines is 2. The number of likely N-dealkylation sites (N-methyl/N-ethyl adjacent to an activating group) is 1. The van der Waals surface area contributed by atoms with E-state index < -0.39 is 0 Å². The lowest BCUT2D eigenvalue weighted by Crippen LogP contribution is -2.35. The number of fused-ring (bicyclic) bond motifs is 1. The van der Waals surface area contributed by atoms with Crippen LogP contribution in [0.1, 0.15) is 37.8 Å². The van der Waals surface area contributed by atoms with Crippen molar-refractivity contribution in [3.63, 3.8) is 0 Å². The Morgan fingerprint density at radius 3 is 3.05 bits per heavy atom. The van der Waals surface area contributed by atoms with Crippen LogP contribution in [-0.2, 0) is 4.79 Å². The summed E-state index contributed by atoms with van der Waals surface area (Å²) in [6.07, 6.45) is 3.86. The van der Waals surface area contributed by atoms with Crippen LogP contribution in [0, 0.1) is 5.92 Å². The maximum absolute atomic E-state index is 11.9. The number of carbonyl (C=O) groups excluding carboxylic acids is 1. The van der Waals surface area contributed by atoms with E-state index >= 15 is 0 Å². The molecule has 2 unspecified atom stereocenters. The molecule has 1 fully saturated rings. The molecular formula is C16H23N3O. The summed E-state index contributed by atoms with van der Waals surface area (Å²) in [5.41, 5.74) is 3.26. The van der Waals surface area contributed by atoms with Gasteiger partial charge in [-0.3, -0.25) is 4.79 Å². The molecule has 0 saturated carbocycles. The first-order chi connectivity index (χ1) is 9.72. The fraction of sp³-hybridized carbons (Fsp3) is 0.562. The van der Waals surface area contributed by atoms with E-state index in [1.807, 2.05) is 7.05 Å². The first-order valence-corrected chi connectivity index (χ1v) is 7.60. The van der Waals surface area contributed by atoms with Gasteiger partial charge in [-0.05, 0) is 37.9 Å². The monoisotopic (exact) mass is 273 g/mol. The van der Waals surface area contributed by atoms with E-state index in [2.05, 4.69) is 40.7 Å². The highest BCUT2D eigenvalue weighted by atomic mass is 16.2. The first-order valence-electron chi connectivity index (χ1n) is 7.60. The molecule has 1 saturated heterocycles. The molecule has 20 heavy (non-hydrogen) atoms. The Balaban J connectivity index is 1.83. The Morgan fingerprint density at radius 1 is 1.45 bits per heavy atom. The summed E-state index contributed by atoms with van der Waals surface area (Å²) in [5.74, 6) is 0.849. The highest BCUT2D eigenvalue weighted by molar-refractivity contribution is 6.03. The van der Waals surface area contributed by atoms with Crippen molar-refractivity contribution < 1.29 is 4.79 Å². The predicted molar refractivity (Wildman–Crippen MR) is 82.1 cm³/mol. The molecule has 0 bridgehead atoms. The Bertz CT molecular complexity index is 514. The van der Waals surface area contributed by atoms with Gasteiger partial charge in [-0.2, -0.15) is 0 Å². The highest BCUT2D eigenvalue weighted by Crippen LogP contribution is 2.35. The molecule has 2 heterocycles. The van der Waals surface area contributed by atoms with Gasteiger partial charge in [-0.15, -0.1) is 0 Å². The normalized spacial score (nSPS) is 25.5. The minimum absolute atomic E-state index is 0.0460. The number of hydrogen-bond acceptors (Lipinski definition) is 3. The van der Waals surface area contributed by atoms with Gasteiger partial charge in [0.1, 0.15) is 6.04 Å². The minimum atomic E-state index is -0.205. The lowest BCUT2D eigenvalue weighted by Gasteiger charge is -2.34. The van der Waals surface area contributed by atoms with Gasteiger partial charge in [0, 0.05) is 30.0 Å². The maximum Gasteiger partial charge on any atom is 0.246 e. The van der Waals surface area contributed by atoms with E-state index in [4.69, 9.17) is 0 Å².